The van der Waals surface area contributed by atoms with Gasteiger partial charge in [-0.1, -0.05) is 13.8 Å². The second kappa shape index (κ2) is 7.22. The average molecular weight is 230 g/mol. The fraction of sp³-hybridized carbons (Fsp3) is 0.818. The molecule has 0 fully saturated rings. The molecule has 2 unspecified atom stereocenters. The topological polar surface area (TPSA) is 78.4 Å². The van der Waals surface area contributed by atoms with Crippen molar-refractivity contribution in [2.45, 2.75) is 46.2 Å². The van der Waals surface area contributed by atoms with Crippen LogP contribution in [0, 0.1) is 5.92 Å². The third-order valence-electron chi connectivity index (χ3n) is 2.09. The summed E-state index contributed by atoms with van der Waals surface area (Å²) >= 11 is 0. The summed E-state index contributed by atoms with van der Waals surface area (Å²) < 4.78 is 0. The Kier molecular flexibility index (Phi) is 6.72. The SMILES string of the molecule is CC(C)CNC(=O)C(C)NC(C)CC(=O)O. The molecule has 0 aliphatic rings. The highest BCUT2D eigenvalue weighted by atomic mass is 16.4. The van der Waals surface area contributed by atoms with Crippen molar-refractivity contribution in [2.75, 3.05) is 6.54 Å². The Balaban J connectivity index is 3.90. The highest BCUT2D eigenvalue weighted by Gasteiger charge is 2.16. The number of rotatable bonds is 7. The van der Waals surface area contributed by atoms with Gasteiger partial charge in [0.25, 0.3) is 0 Å². The van der Waals surface area contributed by atoms with E-state index in [0.29, 0.717) is 12.5 Å². The maximum Gasteiger partial charge on any atom is 0.304 e. The summed E-state index contributed by atoms with van der Waals surface area (Å²) in [6.45, 7) is 8.16. The number of hydrogen-bond acceptors (Lipinski definition) is 3. The molecule has 0 heterocycles. The van der Waals surface area contributed by atoms with Crippen molar-refractivity contribution in [1.82, 2.24) is 10.6 Å². The molecule has 5 heteroatoms. The first-order chi connectivity index (χ1) is 7.32. The Morgan fingerprint density at radius 2 is 1.75 bits per heavy atom. The van der Waals surface area contributed by atoms with Gasteiger partial charge in [0.05, 0.1) is 12.5 Å². The Bertz CT molecular complexity index is 241. The van der Waals surface area contributed by atoms with Gasteiger partial charge >= 0.3 is 5.97 Å². The lowest BCUT2D eigenvalue weighted by atomic mass is 10.2. The lowest BCUT2D eigenvalue weighted by Gasteiger charge is -2.18. The molecule has 0 spiro atoms. The minimum absolute atomic E-state index is 0.0157. The molecule has 0 bridgehead atoms. The van der Waals surface area contributed by atoms with Gasteiger partial charge in [-0.2, -0.15) is 0 Å². The molecule has 0 radical (unpaired) electrons. The van der Waals surface area contributed by atoms with Crippen LogP contribution in [0.5, 0.6) is 0 Å². The summed E-state index contributed by atoms with van der Waals surface area (Å²) in [7, 11) is 0. The van der Waals surface area contributed by atoms with Crippen molar-refractivity contribution in [1.29, 1.82) is 0 Å². The third-order valence-corrected chi connectivity index (χ3v) is 2.09. The summed E-state index contributed by atoms with van der Waals surface area (Å²) in [4.78, 5) is 22.0. The van der Waals surface area contributed by atoms with Gasteiger partial charge in [0.15, 0.2) is 0 Å². The molecule has 16 heavy (non-hydrogen) atoms. The monoisotopic (exact) mass is 230 g/mol. The number of carbonyl (C=O) groups is 2. The zero-order chi connectivity index (χ0) is 12.7. The van der Waals surface area contributed by atoms with Gasteiger partial charge in [-0.3, -0.25) is 9.59 Å². The van der Waals surface area contributed by atoms with Crippen LogP contribution < -0.4 is 10.6 Å². The van der Waals surface area contributed by atoms with Crippen molar-refractivity contribution >= 4 is 11.9 Å². The van der Waals surface area contributed by atoms with Crippen LogP contribution in [0.25, 0.3) is 0 Å². The molecular formula is C11H22N2O3. The van der Waals surface area contributed by atoms with E-state index in [1.807, 2.05) is 13.8 Å². The normalized spacial score (nSPS) is 14.6. The molecule has 0 rings (SSSR count). The minimum Gasteiger partial charge on any atom is -0.481 e. The summed E-state index contributed by atoms with van der Waals surface area (Å²) in [6.07, 6.45) is 0.0157. The van der Waals surface area contributed by atoms with Gasteiger partial charge in [-0.15, -0.1) is 0 Å². The number of aliphatic carboxylic acids is 1. The molecule has 0 saturated carbocycles. The van der Waals surface area contributed by atoms with Gasteiger partial charge in [0, 0.05) is 12.6 Å². The van der Waals surface area contributed by atoms with E-state index in [0.717, 1.165) is 0 Å². The van der Waals surface area contributed by atoms with Crippen molar-refractivity contribution in [3.05, 3.63) is 0 Å². The number of carboxylic acids is 1. The first-order valence-corrected chi connectivity index (χ1v) is 5.58. The highest BCUT2D eigenvalue weighted by molar-refractivity contribution is 5.81. The van der Waals surface area contributed by atoms with Crippen molar-refractivity contribution in [3.8, 4) is 0 Å². The largest absolute Gasteiger partial charge is 0.481 e. The number of amides is 1. The van der Waals surface area contributed by atoms with Crippen LogP contribution in [0.3, 0.4) is 0 Å². The van der Waals surface area contributed by atoms with E-state index in [4.69, 9.17) is 5.11 Å². The summed E-state index contributed by atoms with van der Waals surface area (Å²) in [5, 5.41) is 14.3. The Morgan fingerprint density at radius 1 is 1.19 bits per heavy atom. The fourth-order valence-electron chi connectivity index (χ4n) is 1.28. The van der Waals surface area contributed by atoms with E-state index in [9.17, 15) is 9.59 Å². The molecule has 0 aliphatic heterocycles. The fourth-order valence-corrected chi connectivity index (χ4v) is 1.28. The smallest absolute Gasteiger partial charge is 0.304 e. The van der Waals surface area contributed by atoms with Crippen LogP contribution in [-0.4, -0.2) is 35.6 Å². The molecule has 0 aromatic rings. The van der Waals surface area contributed by atoms with Crippen LogP contribution >= 0.6 is 0 Å². The lowest BCUT2D eigenvalue weighted by molar-refractivity contribution is -0.137. The first kappa shape index (κ1) is 14.9. The maximum atomic E-state index is 11.5. The predicted molar refractivity (Wildman–Crippen MR) is 62.2 cm³/mol. The van der Waals surface area contributed by atoms with Gasteiger partial charge < -0.3 is 15.7 Å². The summed E-state index contributed by atoms with van der Waals surface area (Å²) in [6, 6.07) is -0.578. The molecule has 2 atom stereocenters. The van der Waals surface area contributed by atoms with Gasteiger partial charge in [0.2, 0.25) is 5.91 Å². The Hall–Kier alpha value is -1.10. The molecule has 0 aliphatic carbocycles. The number of nitrogens with one attached hydrogen (secondary N) is 2. The maximum absolute atomic E-state index is 11.5. The zero-order valence-corrected chi connectivity index (χ0v) is 10.4. The lowest BCUT2D eigenvalue weighted by Crippen LogP contribution is -2.47. The predicted octanol–water partition coefficient (Wildman–Crippen LogP) is 0.600. The van der Waals surface area contributed by atoms with E-state index in [-0.39, 0.29) is 24.4 Å². The van der Waals surface area contributed by atoms with Crippen LogP contribution in [0.2, 0.25) is 0 Å². The molecule has 94 valence electrons. The van der Waals surface area contributed by atoms with Crippen molar-refractivity contribution in [2.24, 2.45) is 5.92 Å². The number of hydrogen-bond donors (Lipinski definition) is 3. The standard InChI is InChI=1S/C11H22N2O3/c1-7(2)6-12-11(16)9(4)13-8(3)5-10(14)15/h7-9,13H,5-6H2,1-4H3,(H,12,16)(H,14,15). The second-order valence-electron chi connectivity index (χ2n) is 4.53. The average Bonchev–Trinajstić information content (AvgIpc) is 2.12. The van der Waals surface area contributed by atoms with Gasteiger partial charge in [-0.25, -0.2) is 0 Å². The number of carbonyl (C=O) groups excluding carboxylic acids is 1. The number of carboxylic acid groups (broad SMARTS) is 1. The summed E-state index contributed by atoms with van der Waals surface area (Å²) in [5.41, 5.74) is 0. The minimum atomic E-state index is -0.866. The Labute approximate surface area is 96.6 Å². The van der Waals surface area contributed by atoms with Crippen LogP contribution in [0.15, 0.2) is 0 Å². The quantitative estimate of drug-likeness (QED) is 0.598. The molecule has 3 N–H and O–H groups in total. The molecule has 0 aromatic heterocycles. The van der Waals surface area contributed by atoms with E-state index >= 15 is 0 Å². The van der Waals surface area contributed by atoms with Gasteiger partial charge in [0.1, 0.15) is 0 Å². The van der Waals surface area contributed by atoms with E-state index in [2.05, 4.69) is 10.6 Å². The molecule has 0 aromatic carbocycles. The second-order valence-corrected chi connectivity index (χ2v) is 4.53. The third kappa shape index (κ3) is 7.23. The van der Waals surface area contributed by atoms with Crippen LogP contribution in [-0.2, 0) is 9.59 Å². The van der Waals surface area contributed by atoms with Gasteiger partial charge in [-0.05, 0) is 19.8 Å². The van der Waals surface area contributed by atoms with E-state index in [1.54, 1.807) is 13.8 Å². The van der Waals surface area contributed by atoms with Crippen LogP contribution in [0.4, 0.5) is 0 Å². The highest BCUT2D eigenvalue weighted by Crippen LogP contribution is 1.94. The zero-order valence-electron chi connectivity index (χ0n) is 10.4. The molecule has 0 saturated heterocycles. The van der Waals surface area contributed by atoms with Crippen molar-refractivity contribution in [3.63, 3.8) is 0 Å². The van der Waals surface area contributed by atoms with Crippen molar-refractivity contribution < 1.29 is 14.7 Å². The molecule has 1 amide bonds. The van der Waals surface area contributed by atoms with E-state index in [1.165, 1.54) is 0 Å². The van der Waals surface area contributed by atoms with Crippen LogP contribution in [0.1, 0.15) is 34.1 Å². The molecular weight excluding hydrogens is 208 g/mol. The molecule has 5 nitrogen and oxygen atoms in total. The van der Waals surface area contributed by atoms with E-state index < -0.39 is 5.97 Å². The first-order valence-electron chi connectivity index (χ1n) is 5.58. The Morgan fingerprint density at radius 3 is 2.19 bits per heavy atom. The summed E-state index contributed by atoms with van der Waals surface area (Å²) in [5.74, 6) is -0.548.